The van der Waals surface area contributed by atoms with Crippen LogP contribution in [0.3, 0.4) is 0 Å². The quantitative estimate of drug-likeness (QED) is 0.530. The number of likely N-dealkylation sites (tertiary alicyclic amines) is 1. The van der Waals surface area contributed by atoms with Gasteiger partial charge in [0.05, 0.1) is 24.9 Å². The third-order valence-corrected chi connectivity index (χ3v) is 5.44. The maximum Gasteiger partial charge on any atom is 0.268 e. The molecule has 1 fully saturated rings. The lowest BCUT2D eigenvalue weighted by atomic mass is 10.0. The van der Waals surface area contributed by atoms with Gasteiger partial charge in [0.15, 0.2) is 0 Å². The number of ketones is 1. The molecule has 1 aliphatic rings. The van der Waals surface area contributed by atoms with Gasteiger partial charge in [-0.1, -0.05) is 13.8 Å². The smallest absolute Gasteiger partial charge is 0.268 e. The highest BCUT2D eigenvalue weighted by Crippen LogP contribution is 2.32. The van der Waals surface area contributed by atoms with E-state index >= 15 is 0 Å². The van der Waals surface area contributed by atoms with Crippen LogP contribution in [-0.2, 0) is 20.9 Å². The number of nitriles is 1. The Balaban J connectivity index is 1.88. The second kappa shape index (κ2) is 11.6. The van der Waals surface area contributed by atoms with Gasteiger partial charge in [-0.2, -0.15) is 5.26 Å². The normalized spacial score (nSPS) is 17.7. The molecule has 1 aromatic rings. The van der Waals surface area contributed by atoms with Crippen molar-refractivity contribution < 1.29 is 28.0 Å². The van der Waals surface area contributed by atoms with Crippen LogP contribution < -0.4 is 10.6 Å². The van der Waals surface area contributed by atoms with E-state index in [0.29, 0.717) is 18.5 Å². The van der Waals surface area contributed by atoms with Crippen molar-refractivity contribution >= 4 is 23.5 Å². The molecule has 0 saturated carbocycles. The molecule has 0 unspecified atom stereocenters. The first kappa shape index (κ1) is 26.8. The number of carbonyl (C=O) groups is 4. The van der Waals surface area contributed by atoms with Crippen LogP contribution in [0, 0.1) is 17.2 Å². The summed E-state index contributed by atoms with van der Waals surface area (Å²) in [5.41, 5.74) is 0.576. The van der Waals surface area contributed by atoms with Crippen molar-refractivity contribution in [3.8, 4) is 6.07 Å². The van der Waals surface area contributed by atoms with Crippen molar-refractivity contribution in [2.75, 3.05) is 6.54 Å². The van der Waals surface area contributed by atoms with Gasteiger partial charge < -0.3 is 15.5 Å². The van der Waals surface area contributed by atoms with E-state index in [0.717, 1.165) is 4.90 Å². The van der Waals surface area contributed by atoms with Crippen molar-refractivity contribution in [3.63, 3.8) is 0 Å². The van der Waals surface area contributed by atoms with Crippen LogP contribution in [0.5, 0.6) is 0 Å². The summed E-state index contributed by atoms with van der Waals surface area (Å²) in [5, 5.41) is 14.2. The van der Waals surface area contributed by atoms with Crippen LogP contribution in [0.25, 0.3) is 0 Å². The molecule has 0 bridgehead atoms. The maximum atomic E-state index is 13.6. The summed E-state index contributed by atoms with van der Waals surface area (Å²) in [6.07, 6.45) is 1.61. The van der Waals surface area contributed by atoms with Gasteiger partial charge >= 0.3 is 0 Å². The fourth-order valence-corrected chi connectivity index (χ4v) is 3.46. The van der Waals surface area contributed by atoms with Gasteiger partial charge in [-0.05, 0) is 25.5 Å². The third-order valence-electron chi connectivity index (χ3n) is 5.44. The highest BCUT2D eigenvalue weighted by molar-refractivity contribution is 5.97. The molecule has 1 aliphatic heterocycles. The van der Waals surface area contributed by atoms with Gasteiger partial charge in [0.1, 0.15) is 17.9 Å². The number of pyridine rings is 1. The minimum absolute atomic E-state index is 0.0665. The lowest BCUT2D eigenvalue weighted by Crippen LogP contribution is -2.48. The Morgan fingerprint density at radius 2 is 1.97 bits per heavy atom. The first-order valence-electron chi connectivity index (χ1n) is 11.1. The second-order valence-corrected chi connectivity index (χ2v) is 8.65. The number of carbonyl (C=O) groups excluding carboxylic acids is 4. The van der Waals surface area contributed by atoms with Crippen molar-refractivity contribution in [2.45, 2.75) is 71.0 Å². The third kappa shape index (κ3) is 7.57. The summed E-state index contributed by atoms with van der Waals surface area (Å²) in [7, 11) is 0. The Bertz CT molecular complexity index is 976. The molecule has 2 heterocycles. The maximum absolute atomic E-state index is 13.6. The summed E-state index contributed by atoms with van der Waals surface area (Å²) in [6, 6.07) is 2.18. The first-order valence-corrected chi connectivity index (χ1v) is 11.1. The molecule has 1 aromatic heterocycles. The van der Waals surface area contributed by atoms with Crippen LogP contribution >= 0.6 is 0 Å². The molecule has 0 aromatic carbocycles. The van der Waals surface area contributed by atoms with Gasteiger partial charge in [-0.15, -0.1) is 0 Å². The van der Waals surface area contributed by atoms with E-state index < -0.39 is 42.8 Å². The lowest BCUT2D eigenvalue weighted by Gasteiger charge is -2.23. The summed E-state index contributed by atoms with van der Waals surface area (Å²) < 4.78 is 27.2. The predicted molar refractivity (Wildman–Crippen MR) is 117 cm³/mol. The molecule has 2 rings (SSSR count). The van der Waals surface area contributed by atoms with E-state index in [-0.39, 0.29) is 36.1 Å². The van der Waals surface area contributed by atoms with Crippen LogP contribution in [-0.4, -0.2) is 57.9 Å². The second-order valence-electron chi connectivity index (χ2n) is 8.65. The van der Waals surface area contributed by atoms with E-state index in [1.165, 1.54) is 25.3 Å². The van der Waals surface area contributed by atoms with E-state index in [9.17, 15) is 28.0 Å². The Morgan fingerprint density at radius 3 is 2.62 bits per heavy atom. The number of halogens is 2. The average molecular weight is 478 g/mol. The highest BCUT2D eigenvalue weighted by Gasteiger charge is 2.48. The molecule has 0 aliphatic carbocycles. The molecule has 2 atom stereocenters. The number of nitrogens with one attached hydrogen (secondary N) is 2. The summed E-state index contributed by atoms with van der Waals surface area (Å²) in [6.45, 7) is 4.18. The van der Waals surface area contributed by atoms with Gasteiger partial charge in [-0.3, -0.25) is 24.2 Å². The fraction of sp³-hybridized carbons (Fsp3) is 0.565. The molecule has 0 radical (unpaired) electrons. The fourth-order valence-electron chi connectivity index (χ4n) is 3.46. The van der Waals surface area contributed by atoms with Crippen LogP contribution in [0.2, 0.25) is 0 Å². The molecule has 1 saturated heterocycles. The topological polar surface area (TPSA) is 132 Å². The molecule has 184 valence electrons. The van der Waals surface area contributed by atoms with Gasteiger partial charge in [0, 0.05) is 36.9 Å². The minimum atomic E-state index is -3.14. The number of amides is 3. The van der Waals surface area contributed by atoms with Gasteiger partial charge in [0.25, 0.3) is 11.8 Å². The largest absolute Gasteiger partial charge is 0.350 e. The number of aromatic nitrogens is 1. The number of hydrogen-bond acceptors (Lipinski definition) is 6. The molecule has 11 heteroatoms. The lowest BCUT2D eigenvalue weighted by molar-refractivity contribution is -0.134. The predicted octanol–water partition coefficient (Wildman–Crippen LogP) is 1.97. The van der Waals surface area contributed by atoms with Crippen LogP contribution in [0.1, 0.15) is 62.5 Å². The number of nitrogens with zero attached hydrogens (tertiary/aromatic N) is 3. The summed E-state index contributed by atoms with van der Waals surface area (Å²) >= 11 is 0. The van der Waals surface area contributed by atoms with Gasteiger partial charge in [0.2, 0.25) is 11.8 Å². The van der Waals surface area contributed by atoms with Crippen molar-refractivity contribution in [1.29, 1.82) is 5.26 Å². The molecule has 9 nitrogen and oxygen atoms in total. The van der Waals surface area contributed by atoms with Crippen molar-refractivity contribution in [2.24, 2.45) is 5.92 Å². The number of Topliss-reactive ketones (excluding diaryl/α,β-unsaturated/α-hetero) is 1. The van der Waals surface area contributed by atoms with Gasteiger partial charge in [-0.25, -0.2) is 8.78 Å². The average Bonchev–Trinajstić information content (AvgIpc) is 3.11. The molecule has 0 spiro atoms. The summed E-state index contributed by atoms with van der Waals surface area (Å²) in [5.74, 6) is -4.75. The van der Waals surface area contributed by atoms with Crippen LogP contribution in [0.4, 0.5) is 8.78 Å². The Kier molecular flexibility index (Phi) is 9.18. The Labute approximate surface area is 196 Å². The SMILES string of the molecule is CC(C)C(=O)CCCC(=O)NCc1cc(C(=O)N[C@H](C)C(=O)N2CC(F)(F)C[C@H]2C#N)ccn1. The molecular weight excluding hydrogens is 448 g/mol. The standard InChI is InChI=1S/C23H29F2N5O4/c1-14(2)19(31)5-4-6-20(32)28-12-17-9-16(7-8-27-17)21(33)29-15(3)22(34)30-13-23(24,25)10-18(30)11-26/h7-9,14-15,18H,4-6,10,12-13H2,1-3H3,(H,28,32)(H,29,33)/t15-,18+/m1/s1. The van der Waals surface area contributed by atoms with E-state index in [1.54, 1.807) is 6.07 Å². The Morgan fingerprint density at radius 1 is 1.26 bits per heavy atom. The van der Waals surface area contributed by atoms with E-state index in [4.69, 9.17) is 5.26 Å². The minimum Gasteiger partial charge on any atom is -0.350 e. The van der Waals surface area contributed by atoms with Crippen molar-refractivity contribution in [1.82, 2.24) is 20.5 Å². The monoisotopic (exact) mass is 477 g/mol. The highest BCUT2D eigenvalue weighted by atomic mass is 19.3. The molecule has 34 heavy (non-hydrogen) atoms. The summed E-state index contributed by atoms with van der Waals surface area (Å²) in [4.78, 5) is 53.6. The van der Waals surface area contributed by atoms with E-state index in [2.05, 4.69) is 15.6 Å². The number of rotatable bonds is 10. The molecule has 3 amide bonds. The number of hydrogen-bond donors (Lipinski definition) is 2. The van der Waals surface area contributed by atoms with Crippen LogP contribution in [0.15, 0.2) is 18.3 Å². The van der Waals surface area contributed by atoms with Crippen molar-refractivity contribution in [3.05, 3.63) is 29.6 Å². The Hall–Kier alpha value is -3.42. The molecule has 2 N–H and O–H groups in total. The zero-order chi connectivity index (χ0) is 25.5. The molecular formula is C23H29F2N5O4. The first-order chi connectivity index (χ1) is 15.9. The zero-order valence-electron chi connectivity index (χ0n) is 19.4. The van der Waals surface area contributed by atoms with E-state index in [1.807, 2.05) is 13.8 Å². The number of alkyl halides is 2. The zero-order valence-corrected chi connectivity index (χ0v) is 19.4.